The first-order valence-corrected chi connectivity index (χ1v) is 8.68. The minimum Gasteiger partial charge on any atom is -0.508 e. The van der Waals surface area contributed by atoms with Gasteiger partial charge < -0.3 is 23.9 Å². The molecule has 146 valence electrons. The Bertz CT molecular complexity index is 993. The minimum atomic E-state index is -0.533. The van der Waals surface area contributed by atoms with Crippen molar-refractivity contribution in [1.82, 2.24) is 4.90 Å². The van der Waals surface area contributed by atoms with Gasteiger partial charge in [-0.2, -0.15) is 0 Å². The Morgan fingerprint density at radius 2 is 1.93 bits per heavy atom. The molecule has 0 aliphatic rings. The SMILES string of the molecule is COc1ccccc1CN(C)C(=O)COC(=O)Cc1coc2cc(O)ccc12. The van der Waals surface area contributed by atoms with E-state index in [1.54, 1.807) is 20.2 Å². The number of hydrogen-bond acceptors (Lipinski definition) is 6. The van der Waals surface area contributed by atoms with E-state index in [4.69, 9.17) is 13.9 Å². The van der Waals surface area contributed by atoms with Crippen LogP contribution in [0.1, 0.15) is 11.1 Å². The van der Waals surface area contributed by atoms with E-state index in [1.807, 2.05) is 24.3 Å². The number of likely N-dealkylation sites (N-methyl/N-ethyl adjacent to an activating group) is 1. The van der Waals surface area contributed by atoms with Crippen LogP contribution in [-0.2, 0) is 27.3 Å². The van der Waals surface area contributed by atoms with E-state index in [2.05, 4.69) is 0 Å². The molecule has 7 nitrogen and oxygen atoms in total. The van der Waals surface area contributed by atoms with Crippen molar-refractivity contribution >= 4 is 22.8 Å². The van der Waals surface area contributed by atoms with E-state index in [-0.39, 0.29) is 24.7 Å². The number of carbonyl (C=O) groups excluding carboxylic acids is 2. The molecule has 7 heteroatoms. The summed E-state index contributed by atoms with van der Waals surface area (Å²) in [4.78, 5) is 25.8. The van der Waals surface area contributed by atoms with Gasteiger partial charge in [0, 0.05) is 36.2 Å². The minimum absolute atomic E-state index is 0.0265. The van der Waals surface area contributed by atoms with Crippen molar-refractivity contribution in [3.63, 3.8) is 0 Å². The Balaban J connectivity index is 1.54. The van der Waals surface area contributed by atoms with Crippen molar-refractivity contribution < 1.29 is 28.6 Å². The smallest absolute Gasteiger partial charge is 0.310 e. The van der Waals surface area contributed by atoms with Gasteiger partial charge in [-0.3, -0.25) is 9.59 Å². The maximum atomic E-state index is 12.3. The molecule has 0 spiro atoms. The van der Waals surface area contributed by atoms with Gasteiger partial charge in [0.1, 0.15) is 17.1 Å². The molecule has 1 heterocycles. The van der Waals surface area contributed by atoms with Crippen LogP contribution in [0.15, 0.2) is 53.1 Å². The van der Waals surface area contributed by atoms with Crippen LogP contribution >= 0.6 is 0 Å². The molecule has 0 aliphatic heterocycles. The maximum absolute atomic E-state index is 12.3. The van der Waals surface area contributed by atoms with Crippen LogP contribution < -0.4 is 4.74 Å². The second-order valence-electron chi connectivity index (χ2n) is 6.34. The average molecular weight is 383 g/mol. The van der Waals surface area contributed by atoms with Crippen LogP contribution in [0.4, 0.5) is 0 Å². The summed E-state index contributed by atoms with van der Waals surface area (Å²) in [5.41, 5.74) is 1.98. The number of amides is 1. The highest BCUT2D eigenvalue weighted by Crippen LogP contribution is 2.25. The molecule has 1 N–H and O–H groups in total. The lowest BCUT2D eigenvalue weighted by Gasteiger charge is -2.18. The molecule has 3 rings (SSSR count). The van der Waals surface area contributed by atoms with E-state index >= 15 is 0 Å². The second-order valence-corrected chi connectivity index (χ2v) is 6.34. The molecule has 0 fully saturated rings. The fourth-order valence-corrected chi connectivity index (χ4v) is 2.85. The van der Waals surface area contributed by atoms with E-state index in [9.17, 15) is 14.7 Å². The number of rotatable bonds is 7. The van der Waals surface area contributed by atoms with Gasteiger partial charge in [0.05, 0.1) is 19.8 Å². The number of para-hydroxylation sites is 1. The van der Waals surface area contributed by atoms with Crippen LogP contribution in [0.3, 0.4) is 0 Å². The summed E-state index contributed by atoms with van der Waals surface area (Å²) in [6.07, 6.45) is 1.42. The van der Waals surface area contributed by atoms with Gasteiger partial charge in [-0.1, -0.05) is 18.2 Å². The quantitative estimate of drug-likeness (QED) is 0.631. The van der Waals surface area contributed by atoms with Gasteiger partial charge in [0.2, 0.25) is 0 Å². The summed E-state index contributed by atoms with van der Waals surface area (Å²) in [5.74, 6) is -0.0762. The molecule has 1 aromatic heterocycles. The van der Waals surface area contributed by atoms with E-state index in [1.165, 1.54) is 23.3 Å². The Labute approximate surface area is 162 Å². The number of carbonyl (C=O) groups is 2. The van der Waals surface area contributed by atoms with Crippen molar-refractivity contribution in [2.75, 3.05) is 20.8 Å². The lowest BCUT2D eigenvalue weighted by molar-refractivity contribution is -0.151. The van der Waals surface area contributed by atoms with Crippen molar-refractivity contribution in [2.45, 2.75) is 13.0 Å². The van der Waals surface area contributed by atoms with Crippen molar-refractivity contribution in [2.24, 2.45) is 0 Å². The number of aromatic hydroxyl groups is 1. The van der Waals surface area contributed by atoms with Crippen molar-refractivity contribution in [1.29, 1.82) is 0 Å². The van der Waals surface area contributed by atoms with E-state index in [0.717, 1.165) is 10.9 Å². The lowest BCUT2D eigenvalue weighted by Crippen LogP contribution is -2.31. The van der Waals surface area contributed by atoms with Crippen LogP contribution in [0.25, 0.3) is 11.0 Å². The summed E-state index contributed by atoms with van der Waals surface area (Å²) in [6.45, 7) is -0.00267. The van der Waals surface area contributed by atoms with Gasteiger partial charge in [0.25, 0.3) is 5.91 Å². The number of esters is 1. The van der Waals surface area contributed by atoms with Crippen LogP contribution in [0, 0.1) is 0 Å². The third-order valence-corrected chi connectivity index (χ3v) is 4.36. The number of ether oxygens (including phenoxy) is 2. The third-order valence-electron chi connectivity index (χ3n) is 4.36. The summed E-state index contributed by atoms with van der Waals surface area (Å²) < 4.78 is 15.7. The van der Waals surface area contributed by atoms with Crippen molar-refractivity contribution in [3.8, 4) is 11.5 Å². The first-order valence-electron chi connectivity index (χ1n) is 8.68. The molecule has 0 bridgehead atoms. The molecule has 28 heavy (non-hydrogen) atoms. The number of methoxy groups -OCH3 is 1. The van der Waals surface area contributed by atoms with Crippen LogP contribution in [0.5, 0.6) is 11.5 Å². The number of hydrogen-bond donors (Lipinski definition) is 1. The van der Waals surface area contributed by atoms with Gasteiger partial charge >= 0.3 is 5.97 Å². The summed E-state index contributed by atoms with van der Waals surface area (Å²) in [7, 11) is 3.21. The van der Waals surface area contributed by atoms with E-state index < -0.39 is 5.97 Å². The molecule has 0 aliphatic carbocycles. The topological polar surface area (TPSA) is 89.2 Å². The fourth-order valence-electron chi connectivity index (χ4n) is 2.85. The number of fused-ring (bicyclic) bond motifs is 1. The molecular formula is C21H21NO6. The van der Waals surface area contributed by atoms with Gasteiger partial charge in [0.15, 0.2) is 6.61 Å². The maximum Gasteiger partial charge on any atom is 0.310 e. The number of phenolic OH excluding ortho intramolecular Hbond substituents is 1. The van der Waals surface area contributed by atoms with Crippen LogP contribution in [-0.4, -0.2) is 42.6 Å². The summed E-state index contributed by atoms with van der Waals surface area (Å²) >= 11 is 0. The largest absolute Gasteiger partial charge is 0.508 e. The third kappa shape index (κ3) is 4.43. The Kier molecular flexibility index (Phi) is 5.84. The predicted molar refractivity (Wildman–Crippen MR) is 102 cm³/mol. The first-order chi connectivity index (χ1) is 13.5. The Hall–Kier alpha value is -3.48. The highest BCUT2D eigenvalue weighted by Gasteiger charge is 2.16. The molecule has 0 radical (unpaired) electrons. The monoisotopic (exact) mass is 383 g/mol. The number of nitrogens with zero attached hydrogens (tertiary/aromatic N) is 1. The zero-order chi connectivity index (χ0) is 20.1. The molecule has 2 aromatic carbocycles. The molecule has 0 unspecified atom stereocenters. The molecular weight excluding hydrogens is 362 g/mol. The number of benzene rings is 2. The van der Waals surface area contributed by atoms with Crippen LogP contribution in [0.2, 0.25) is 0 Å². The number of furan rings is 1. The first kappa shape index (κ1) is 19.3. The highest BCUT2D eigenvalue weighted by atomic mass is 16.5. The summed E-state index contributed by atoms with van der Waals surface area (Å²) in [5, 5.41) is 10.2. The van der Waals surface area contributed by atoms with Gasteiger partial charge in [-0.25, -0.2) is 0 Å². The highest BCUT2D eigenvalue weighted by molar-refractivity contribution is 5.87. The zero-order valence-electron chi connectivity index (χ0n) is 15.7. The Morgan fingerprint density at radius 3 is 2.71 bits per heavy atom. The average Bonchev–Trinajstić information content (AvgIpc) is 3.08. The number of phenols is 1. The molecule has 0 atom stereocenters. The van der Waals surface area contributed by atoms with E-state index in [0.29, 0.717) is 23.4 Å². The molecule has 0 saturated heterocycles. The molecule has 1 amide bonds. The predicted octanol–water partition coefficient (Wildman–Crippen LogP) is 2.89. The standard InChI is InChI=1S/C21H21NO6/c1-22(11-14-5-3-4-6-18(14)26-2)20(24)13-28-21(25)9-15-12-27-19-10-16(23)7-8-17(15)19/h3-8,10,12,23H,9,11,13H2,1-2H3. The van der Waals surface area contributed by atoms with Gasteiger partial charge in [-0.15, -0.1) is 0 Å². The lowest BCUT2D eigenvalue weighted by atomic mass is 10.1. The molecule has 0 saturated carbocycles. The van der Waals surface area contributed by atoms with Gasteiger partial charge in [-0.05, 0) is 18.2 Å². The fraction of sp³-hybridized carbons (Fsp3) is 0.238. The van der Waals surface area contributed by atoms with Crippen molar-refractivity contribution in [3.05, 3.63) is 59.9 Å². The second kappa shape index (κ2) is 8.47. The summed E-state index contributed by atoms with van der Waals surface area (Å²) in [6, 6.07) is 12.1. The zero-order valence-corrected chi connectivity index (χ0v) is 15.7. The Morgan fingerprint density at radius 1 is 1.14 bits per heavy atom. The molecule has 3 aromatic rings. The normalized spacial score (nSPS) is 10.6.